The molecule has 1 aromatic heterocycles. The maximum absolute atomic E-state index is 5.38. The number of ether oxygens (including phenoxy) is 2. The van der Waals surface area contributed by atoms with E-state index in [1.807, 2.05) is 6.92 Å². The van der Waals surface area contributed by atoms with Gasteiger partial charge in [-0.15, -0.1) is 0 Å². The highest BCUT2D eigenvalue weighted by Gasteiger charge is 2.15. The molecule has 2 N–H and O–H groups in total. The van der Waals surface area contributed by atoms with Crippen LogP contribution in [0.25, 0.3) is 0 Å². The van der Waals surface area contributed by atoms with Crippen LogP contribution in [0.15, 0.2) is 0 Å². The molecule has 21 heavy (non-hydrogen) atoms. The van der Waals surface area contributed by atoms with Gasteiger partial charge >= 0.3 is 6.01 Å². The monoisotopic (exact) mass is 295 g/mol. The van der Waals surface area contributed by atoms with E-state index in [0.717, 1.165) is 45.6 Å². The van der Waals surface area contributed by atoms with Crippen LogP contribution < -0.4 is 15.4 Å². The fraction of sp³-hybridized carbons (Fsp3) is 0.786. The van der Waals surface area contributed by atoms with Crippen molar-refractivity contribution >= 4 is 11.9 Å². The minimum atomic E-state index is 0.359. The molecule has 7 nitrogen and oxygen atoms in total. The summed E-state index contributed by atoms with van der Waals surface area (Å²) in [4.78, 5) is 12.9. The maximum atomic E-state index is 5.38. The predicted octanol–water partition coefficient (Wildman–Crippen LogP) is 1.93. The van der Waals surface area contributed by atoms with Gasteiger partial charge in [0.25, 0.3) is 0 Å². The predicted molar refractivity (Wildman–Crippen MR) is 81.8 cm³/mol. The second-order valence-corrected chi connectivity index (χ2v) is 5.07. The van der Waals surface area contributed by atoms with Gasteiger partial charge in [-0.05, 0) is 32.1 Å². The molecule has 2 heterocycles. The summed E-state index contributed by atoms with van der Waals surface area (Å²) in [6.45, 7) is 7.96. The average molecular weight is 295 g/mol. The number of hydrogen-bond acceptors (Lipinski definition) is 7. The maximum Gasteiger partial charge on any atom is 0.323 e. The summed E-state index contributed by atoms with van der Waals surface area (Å²) in [5.41, 5.74) is 0. The number of rotatable bonds is 9. The van der Waals surface area contributed by atoms with Crippen LogP contribution in [-0.2, 0) is 4.74 Å². The van der Waals surface area contributed by atoms with Gasteiger partial charge in [-0.2, -0.15) is 15.0 Å². The minimum absolute atomic E-state index is 0.359. The lowest BCUT2D eigenvalue weighted by molar-refractivity contribution is 0.185. The largest absolute Gasteiger partial charge is 0.464 e. The molecule has 0 radical (unpaired) electrons. The lowest BCUT2D eigenvalue weighted by atomic mass is 10.1. The normalized spacial score (nSPS) is 17.7. The van der Waals surface area contributed by atoms with Gasteiger partial charge in [0.05, 0.1) is 6.61 Å². The Hall–Kier alpha value is -1.63. The third-order valence-corrected chi connectivity index (χ3v) is 3.28. The first-order chi connectivity index (χ1) is 10.3. The average Bonchev–Trinajstić information content (AvgIpc) is 2.99. The summed E-state index contributed by atoms with van der Waals surface area (Å²) >= 11 is 0. The number of nitrogens with one attached hydrogen (secondary N) is 2. The van der Waals surface area contributed by atoms with Crippen LogP contribution in [0.3, 0.4) is 0 Å². The van der Waals surface area contributed by atoms with E-state index in [1.165, 1.54) is 0 Å². The molecule has 1 saturated heterocycles. The van der Waals surface area contributed by atoms with E-state index in [1.54, 1.807) is 0 Å². The molecule has 0 aliphatic carbocycles. The molecule has 0 bridgehead atoms. The molecule has 2 rings (SSSR count). The Bertz CT molecular complexity index is 424. The van der Waals surface area contributed by atoms with Crippen LogP contribution in [-0.4, -0.2) is 47.9 Å². The van der Waals surface area contributed by atoms with Crippen LogP contribution in [0, 0.1) is 5.92 Å². The fourth-order valence-corrected chi connectivity index (χ4v) is 2.14. The number of nitrogens with zero attached hydrogens (tertiary/aromatic N) is 3. The Labute approximate surface area is 125 Å². The van der Waals surface area contributed by atoms with E-state index in [4.69, 9.17) is 9.47 Å². The summed E-state index contributed by atoms with van der Waals surface area (Å²) in [5.74, 6) is 1.76. The van der Waals surface area contributed by atoms with Crippen LogP contribution in [0.4, 0.5) is 11.9 Å². The Morgan fingerprint density at radius 1 is 1.14 bits per heavy atom. The molecule has 0 spiro atoms. The van der Waals surface area contributed by atoms with Gasteiger partial charge in [-0.3, -0.25) is 0 Å². The number of anilines is 2. The van der Waals surface area contributed by atoms with Crippen molar-refractivity contribution in [3.63, 3.8) is 0 Å². The molecule has 0 saturated carbocycles. The van der Waals surface area contributed by atoms with Crippen molar-refractivity contribution in [2.24, 2.45) is 5.92 Å². The highest BCUT2D eigenvalue weighted by molar-refractivity contribution is 5.35. The van der Waals surface area contributed by atoms with Crippen molar-refractivity contribution in [1.29, 1.82) is 0 Å². The first-order valence-corrected chi connectivity index (χ1v) is 7.76. The molecule has 1 aliphatic heterocycles. The van der Waals surface area contributed by atoms with E-state index in [0.29, 0.717) is 30.4 Å². The van der Waals surface area contributed by atoms with Crippen molar-refractivity contribution in [2.75, 3.05) is 43.5 Å². The molecule has 7 heteroatoms. The van der Waals surface area contributed by atoms with Crippen LogP contribution >= 0.6 is 0 Å². The Morgan fingerprint density at radius 3 is 2.52 bits per heavy atom. The lowest BCUT2D eigenvalue weighted by Gasteiger charge is -2.11. The van der Waals surface area contributed by atoms with Crippen molar-refractivity contribution in [2.45, 2.75) is 33.1 Å². The third kappa shape index (κ3) is 5.34. The van der Waals surface area contributed by atoms with Gasteiger partial charge < -0.3 is 20.1 Å². The molecule has 1 fully saturated rings. The Morgan fingerprint density at radius 2 is 1.90 bits per heavy atom. The topological polar surface area (TPSA) is 81.2 Å². The molecule has 1 aliphatic rings. The molecule has 1 atom stereocenters. The van der Waals surface area contributed by atoms with Gasteiger partial charge in [-0.25, -0.2) is 0 Å². The smallest absolute Gasteiger partial charge is 0.323 e. The minimum Gasteiger partial charge on any atom is -0.464 e. The van der Waals surface area contributed by atoms with Crippen LogP contribution in [0.2, 0.25) is 0 Å². The first kappa shape index (κ1) is 15.8. The summed E-state index contributed by atoms with van der Waals surface area (Å²) in [6, 6.07) is 0.359. The zero-order valence-electron chi connectivity index (χ0n) is 12.9. The van der Waals surface area contributed by atoms with E-state index < -0.39 is 0 Å². The van der Waals surface area contributed by atoms with Gasteiger partial charge in [-0.1, -0.05) is 6.92 Å². The quantitative estimate of drug-likeness (QED) is 0.720. The number of hydrogen-bond donors (Lipinski definition) is 2. The zero-order valence-corrected chi connectivity index (χ0v) is 12.9. The molecule has 0 aromatic carbocycles. The third-order valence-electron chi connectivity index (χ3n) is 3.28. The summed E-state index contributed by atoms with van der Waals surface area (Å²) < 4.78 is 10.8. The van der Waals surface area contributed by atoms with Crippen molar-refractivity contribution in [3.8, 4) is 6.01 Å². The van der Waals surface area contributed by atoms with Gasteiger partial charge in [0.15, 0.2) is 0 Å². The zero-order chi connectivity index (χ0) is 14.9. The summed E-state index contributed by atoms with van der Waals surface area (Å²) in [5, 5.41) is 6.41. The molecule has 1 aromatic rings. The van der Waals surface area contributed by atoms with Crippen molar-refractivity contribution in [1.82, 2.24) is 15.0 Å². The highest BCUT2D eigenvalue weighted by atomic mass is 16.5. The molecule has 0 amide bonds. The van der Waals surface area contributed by atoms with Gasteiger partial charge in [0.1, 0.15) is 0 Å². The highest BCUT2D eigenvalue weighted by Crippen LogP contribution is 2.17. The summed E-state index contributed by atoms with van der Waals surface area (Å²) in [6.07, 6.45) is 3.22. The van der Waals surface area contributed by atoms with Crippen LogP contribution in [0.5, 0.6) is 6.01 Å². The Kier molecular flexibility index (Phi) is 6.46. The standard InChI is InChI=1S/C14H25N5O2/c1-3-7-15-12-17-13(19-14(18-12)21-4-2)16-8-5-11-6-9-20-10-11/h11H,3-10H2,1-2H3,(H2,15,16,17,18,19). The van der Waals surface area contributed by atoms with E-state index in [-0.39, 0.29) is 0 Å². The van der Waals surface area contributed by atoms with Crippen molar-refractivity contribution in [3.05, 3.63) is 0 Å². The summed E-state index contributed by atoms with van der Waals surface area (Å²) in [7, 11) is 0. The molecule has 118 valence electrons. The lowest BCUT2D eigenvalue weighted by Crippen LogP contribution is -2.14. The fourth-order valence-electron chi connectivity index (χ4n) is 2.14. The first-order valence-electron chi connectivity index (χ1n) is 7.76. The van der Waals surface area contributed by atoms with Crippen molar-refractivity contribution < 1.29 is 9.47 Å². The molecule has 1 unspecified atom stereocenters. The van der Waals surface area contributed by atoms with Crippen LogP contribution in [0.1, 0.15) is 33.1 Å². The molecular weight excluding hydrogens is 270 g/mol. The Balaban J connectivity index is 1.90. The van der Waals surface area contributed by atoms with E-state index in [9.17, 15) is 0 Å². The number of aromatic nitrogens is 3. The molecular formula is C14H25N5O2. The SMILES string of the molecule is CCCNc1nc(NCCC2CCOC2)nc(OCC)n1. The van der Waals surface area contributed by atoms with E-state index >= 15 is 0 Å². The second kappa shape index (κ2) is 8.61. The van der Waals surface area contributed by atoms with Gasteiger partial charge in [0.2, 0.25) is 11.9 Å². The second-order valence-electron chi connectivity index (χ2n) is 5.07. The van der Waals surface area contributed by atoms with Gasteiger partial charge in [0, 0.05) is 26.3 Å². The van der Waals surface area contributed by atoms with E-state index in [2.05, 4.69) is 32.5 Å².